The molecule has 0 spiro atoms. The van der Waals surface area contributed by atoms with Crippen molar-refractivity contribution in [1.29, 1.82) is 0 Å². The molecule has 0 amide bonds. The zero-order chi connectivity index (χ0) is 18.1. The molecule has 0 fully saturated rings. The third-order valence-corrected chi connectivity index (χ3v) is 3.08. The summed E-state index contributed by atoms with van der Waals surface area (Å²) < 4.78 is 105. The molecule has 0 aromatic heterocycles. The van der Waals surface area contributed by atoms with Gasteiger partial charge < -0.3 is 0 Å². The average Bonchev–Trinajstić information content (AvgIpc) is 2.46. The summed E-state index contributed by atoms with van der Waals surface area (Å²) in [5, 5.41) is 0. The topological polar surface area (TPSA) is 0 Å². The van der Waals surface area contributed by atoms with Gasteiger partial charge in [0.15, 0.2) is 5.83 Å². The maximum atomic E-state index is 14.1. The van der Waals surface area contributed by atoms with Crippen LogP contribution in [0.15, 0.2) is 54.4 Å². The van der Waals surface area contributed by atoms with Crippen molar-refractivity contribution in [3.63, 3.8) is 0 Å². The maximum Gasteiger partial charge on any atom is 0.460 e. The highest BCUT2D eigenvalue weighted by molar-refractivity contribution is 5.82. The normalized spacial score (nSPS) is 12.2. The fraction of sp³-hybridized carbons (Fsp3) is 0.125. The Bertz CT molecular complexity index is 726. The van der Waals surface area contributed by atoms with Gasteiger partial charge in [-0.05, 0) is 35.4 Å². The Hall–Kier alpha value is -2.38. The Labute approximate surface area is 131 Å². The third kappa shape index (κ3) is 3.42. The summed E-state index contributed by atoms with van der Waals surface area (Å²) in [6, 6.07) is 6.83. The van der Waals surface area contributed by atoms with Crippen molar-refractivity contribution in [1.82, 2.24) is 0 Å². The van der Waals surface area contributed by atoms with Gasteiger partial charge in [0.2, 0.25) is 0 Å². The first-order valence-corrected chi connectivity index (χ1v) is 6.40. The van der Waals surface area contributed by atoms with Crippen LogP contribution in [0, 0.1) is 11.6 Å². The Morgan fingerprint density at radius 1 is 0.708 bits per heavy atom. The van der Waals surface area contributed by atoms with Crippen molar-refractivity contribution in [3.8, 4) is 0 Å². The number of rotatable bonds is 3. The van der Waals surface area contributed by atoms with Crippen LogP contribution in [-0.4, -0.2) is 12.1 Å². The second-order valence-electron chi connectivity index (χ2n) is 4.78. The fourth-order valence-corrected chi connectivity index (χ4v) is 1.99. The number of hydrogen-bond donors (Lipinski definition) is 0. The van der Waals surface area contributed by atoms with Crippen molar-refractivity contribution in [2.75, 3.05) is 0 Å². The van der Waals surface area contributed by atoms with E-state index in [0.717, 1.165) is 36.4 Å². The quantitative estimate of drug-likeness (QED) is 0.604. The van der Waals surface area contributed by atoms with Gasteiger partial charge in [0.05, 0.1) is 0 Å². The molecule has 0 atom stereocenters. The molecule has 0 saturated heterocycles. The maximum absolute atomic E-state index is 14.1. The van der Waals surface area contributed by atoms with Gasteiger partial charge in [0, 0.05) is 5.57 Å². The van der Waals surface area contributed by atoms with E-state index in [2.05, 4.69) is 0 Å². The molecule has 8 heteroatoms. The molecular weight excluding hydrogens is 344 g/mol. The molecular formula is C16H8F8. The van der Waals surface area contributed by atoms with Crippen LogP contribution in [0.1, 0.15) is 11.1 Å². The van der Waals surface area contributed by atoms with Gasteiger partial charge in [-0.2, -0.15) is 22.0 Å². The molecule has 0 aliphatic rings. The van der Waals surface area contributed by atoms with Crippen LogP contribution >= 0.6 is 0 Å². The van der Waals surface area contributed by atoms with E-state index in [4.69, 9.17) is 0 Å². The summed E-state index contributed by atoms with van der Waals surface area (Å²) in [4.78, 5) is 0. The molecule has 128 valence electrons. The van der Waals surface area contributed by atoms with Crippen molar-refractivity contribution >= 4 is 5.57 Å². The molecule has 2 aromatic rings. The van der Waals surface area contributed by atoms with Crippen molar-refractivity contribution in [3.05, 3.63) is 77.1 Å². The van der Waals surface area contributed by atoms with Crippen molar-refractivity contribution in [2.24, 2.45) is 0 Å². The summed E-state index contributed by atoms with van der Waals surface area (Å²) in [6.07, 6.45) is -6.21. The standard InChI is InChI=1S/C16H8F8/c17-11-5-1-3-9(7-11)13(10-4-2-6-12(18)8-10)14(19)15(20,21)16(22,23)24/h1-8H. The van der Waals surface area contributed by atoms with E-state index >= 15 is 0 Å². The molecule has 0 radical (unpaired) electrons. The van der Waals surface area contributed by atoms with Crippen LogP contribution in [0.5, 0.6) is 0 Å². The van der Waals surface area contributed by atoms with Crippen LogP contribution in [-0.2, 0) is 0 Å². The molecule has 0 N–H and O–H groups in total. The predicted molar refractivity (Wildman–Crippen MR) is 70.9 cm³/mol. The Morgan fingerprint density at radius 3 is 1.46 bits per heavy atom. The third-order valence-electron chi connectivity index (χ3n) is 3.08. The highest BCUT2D eigenvalue weighted by atomic mass is 19.4. The molecule has 2 aromatic carbocycles. The molecule has 0 nitrogen and oxygen atoms in total. The average molecular weight is 352 g/mol. The van der Waals surface area contributed by atoms with Gasteiger partial charge in [0.25, 0.3) is 0 Å². The van der Waals surface area contributed by atoms with E-state index < -0.39 is 46.3 Å². The molecule has 2 rings (SSSR count). The highest BCUT2D eigenvalue weighted by Gasteiger charge is 2.62. The first-order valence-electron chi connectivity index (χ1n) is 6.40. The van der Waals surface area contributed by atoms with Crippen LogP contribution in [0.3, 0.4) is 0 Å². The Morgan fingerprint density at radius 2 is 1.12 bits per heavy atom. The second-order valence-corrected chi connectivity index (χ2v) is 4.78. The SMILES string of the molecule is FC(=C(c1cccc(F)c1)c1cccc(F)c1)C(F)(F)C(F)(F)F. The predicted octanol–water partition coefficient (Wildman–Crippen LogP) is 5.89. The molecule has 0 bridgehead atoms. The largest absolute Gasteiger partial charge is 0.460 e. The van der Waals surface area contributed by atoms with Crippen LogP contribution in [0.25, 0.3) is 5.57 Å². The van der Waals surface area contributed by atoms with E-state index in [1.165, 1.54) is 0 Å². The van der Waals surface area contributed by atoms with Crippen molar-refractivity contribution < 1.29 is 35.1 Å². The van der Waals surface area contributed by atoms with Gasteiger partial charge >= 0.3 is 12.1 Å². The monoisotopic (exact) mass is 352 g/mol. The fourth-order valence-electron chi connectivity index (χ4n) is 1.99. The van der Waals surface area contributed by atoms with E-state index in [1.807, 2.05) is 0 Å². The summed E-state index contributed by atoms with van der Waals surface area (Å²) in [6.45, 7) is 0. The molecule has 0 heterocycles. The molecule has 0 saturated carbocycles. The van der Waals surface area contributed by atoms with Gasteiger partial charge in [-0.25, -0.2) is 13.2 Å². The lowest BCUT2D eigenvalue weighted by atomic mass is 9.95. The molecule has 0 aliphatic carbocycles. The summed E-state index contributed by atoms with van der Waals surface area (Å²) >= 11 is 0. The lowest BCUT2D eigenvalue weighted by Crippen LogP contribution is -2.37. The van der Waals surface area contributed by atoms with Crippen LogP contribution < -0.4 is 0 Å². The number of halogens is 8. The zero-order valence-corrected chi connectivity index (χ0v) is 11.6. The number of benzene rings is 2. The summed E-state index contributed by atoms with van der Waals surface area (Å²) in [7, 11) is 0. The summed E-state index contributed by atoms with van der Waals surface area (Å²) in [5.74, 6) is -10.6. The first-order chi connectivity index (χ1) is 11.0. The number of alkyl halides is 5. The van der Waals surface area contributed by atoms with E-state index in [-0.39, 0.29) is 0 Å². The van der Waals surface area contributed by atoms with Gasteiger partial charge in [-0.3, -0.25) is 0 Å². The van der Waals surface area contributed by atoms with E-state index in [1.54, 1.807) is 0 Å². The van der Waals surface area contributed by atoms with E-state index in [0.29, 0.717) is 12.1 Å². The first kappa shape index (κ1) is 18.0. The van der Waals surface area contributed by atoms with E-state index in [9.17, 15) is 35.1 Å². The van der Waals surface area contributed by atoms with Gasteiger partial charge in [0.1, 0.15) is 11.6 Å². The lowest BCUT2D eigenvalue weighted by Gasteiger charge is -2.21. The summed E-state index contributed by atoms with van der Waals surface area (Å²) in [5.41, 5.74) is -2.40. The van der Waals surface area contributed by atoms with Gasteiger partial charge in [-0.15, -0.1) is 0 Å². The minimum atomic E-state index is -6.21. The second kappa shape index (κ2) is 6.26. The minimum Gasteiger partial charge on any atom is -0.207 e. The highest BCUT2D eigenvalue weighted by Crippen LogP contribution is 2.45. The van der Waals surface area contributed by atoms with Crippen LogP contribution in [0.2, 0.25) is 0 Å². The Kier molecular flexibility index (Phi) is 4.68. The molecule has 0 unspecified atom stereocenters. The Balaban J connectivity index is 2.79. The van der Waals surface area contributed by atoms with Crippen LogP contribution in [0.4, 0.5) is 35.1 Å². The zero-order valence-electron chi connectivity index (χ0n) is 11.6. The number of allylic oxidation sites excluding steroid dienone is 1. The van der Waals surface area contributed by atoms with Crippen molar-refractivity contribution in [2.45, 2.75) is 12.1 Å². The lowest BCUT2D eigenvalue weighted by molar-refractivity contribution is -0.270. The molecule has 0 aliphatic heterocycles. The smallest absolute Gasteiger partial charge is 0.207 e. The number of hydrogen-bond acceptors (Lipinski definition) is 0. The van der Waals surface area contributed by atoms with Gasteiger partial charge in [-0.1, -0.05) is 24.3 Å². The minimum absolute atomic E-state index is 0.576. The molecule has 24 heavy (non-hydrogen) atoms.